The van der Waals surface area contributed by atoms with Gasteiger partial charge in [0.15, 0.2) is 0 Å². The first-order valence-corrected chi connectivity index (χ1v) is 8.15. The summed E-state index contributed by atoms with van der Waals surface area (Å²) in [4.78, 5) is 4.54. The number of hydrogen-bond donors (Lipinski definition) is 1. The van der Waals surface area contributed by atoms with Gasteiger partial charge in [0, 0.05) is 5.02 Å². The lowest BCUT2D eigenvalue weighted by Crippen LogP contribution is -2.26. The molecule has 0 bridgehead atoms. The SMILES string of the molecule is CCCOc1ccc(Cl)cc1-c1noc([C@@H]2CCCCN2)n1. The molecule has 1 fully saturated rings. The first-order valence-electron chi connectivity index (χ1n) is 7.77. The van der Waals surface area contributed by atoms with Crippen molar-refractivity contribution >= 4 is 11.6 Å². The number of nitrogens with one attached hydrogen (secondary N) is 1. The molecule has 1 aromatic carbocycles. The first kappa shape index (κ1) is 15.3. The van der Waals surface area contributed by atoms with E-state index in [9.17, 15) is 0 Å². The van der Waals surface area contributed by atoms with Crippen LogP contribution in [-0.4, -0.2) is 23.3 Å². The molecule has 1 aromatic heterocycles. The molecule has 118 valence electrons. The molecule has 0 unspecified atom stereocenters. The Morgan fingerprint density at radius 3 is 3.09 bits per heavy atom. The fourth-order valence-electron chi connectivity index (χ4n) is 2.56. The van der Waals surface area contributed by atoms with E-state index in [1.807, 2.05) is 12.1 Å². The molecule has 2 aromatic rings. The zero-order valence-corrected chi connectivity index (χ0v) is 13.4. The molecule has 1 aliphatic heterocycles. The second kappa shape index (κ2) is 7.11. The van der Waals surface area contributed by atoms with Crippen LogP contribution in [0.25, 0.3) is 11.4 Å². The molecule has 0 aliphatic carbocycles. The van der Waals surface area contributed by atoms with Crippen molar-refractivity contribution in [3.8, 4) is 17.1 Å². The van der Waals surface area contributed by atoms with E-state index in [1.165, 1.54) is 12.8 Å². The van der Waals surface area contributed by atoms with Gasteiger partial charge in [-0.05, 0) is 44.0 Å². The van der Waals surface area contributed by atoms with Crippen LogP contribution in [0.4, 0.5) is 0 Å². The second-order valence-corrected chi connectivity index (χ2v) is 5.88. The average Bonchev–Trinajstić information content (AvgIpc) is 3.04. The largest absolute Gasteiger partial charge is 0.493 e. The second-order valence-electron chi connectivity index (χ2n) is 5.45. The Labute approximate surface area is 135 Å². The molecule has 5 nitrogen and oxygen atoms in total. The van der Waals surface area contributed by atoms with Crippen molar-refractivity contribution in [2.24, 2.45) is 0 Å². The summed E-state index contributed by atoms with van der Waals surface area (Å²) < 4.78 is 11.2. The predicted molar refractivity (Wildman–Crippen MR) is 85.1 cm³/mol. The van der Waals surface area contributed by atoms with Gasteiger partial charge in [0.2, 0.25) is 11.7 Å². The van der Waals surface area contributed by atoms with Gasteiger partial charge in [0.05, 0.1) is 18.2 Å². The van der Waals surface area contributed by atoms with E-state index in [4.69, 9.17) is 20.9 Å². The molecular weight excluding hydrogens is 302 g/mol. The number of aromatic nitrogens is 2. The van der Waals surface area contributed by atoms with Gasteiger partial charge in [-0.25, -0.2) is 0 Å². The van der Waals surface area contributed by atoms with Gasteiger partial charge in [-0.1, -0.05) is 30.1 Å². The fraction of sp³-hybridized carbons (Fsp3) is 0.500. The van der Waals surface area contributed by atoms with E-state index < -0.39 is 0 Å². The van der Waals surface area contributed by atoms with Crippen molar-refractivity contribution in [2.45, 2.75) is 38.6 Å². The van der Waals surface area contributed by atoms with Crippen LogP contribution in [0.5, 0.6) is 5.75 Å². The van der Waals surface area contributed by atoms with Crippen LogP contribution in [0.3, 0.4) is 0 Å². The van der Waals surface area contributed by atoms with Crippen LogP contribution in [0.15, 0.2) is 22.7 Å². The van der Waals surface area contributed by atoms with E-state index in [2.05, 4.69) is 22.4 Å². The molecule has 2 heterocycles. The lowest BCUT2D eigenvalue weighted by atomic mass is 10.1. The third kappa shape index (κ3) is 3.42. The summed E-state index contributed by atoms with van der Waals surface area (Å²) in [5, 5.41) is 8.14. The Morgan fingerprint density at radius 2 is 2.32 bits per heavy atom. The van der Waals surface area contributed by atoms with Crippen molar-refractivity contribution in [3.05, 3.63) is 29.1 Å². The Morgan fingerprint density at radius 1 is 1.41 bits per heavy atom. The van der Waals surface area contributed by atoms with Gasteiger partial charge in [-0.3, -0.25) is 0 Å². The topological polar surface area (TPSA) is 60.2 Å². The molecule has 1 aliphatic rings. The Kier molecular flexibility index (Phi) is 4.95. The predicted octanol–water partition coefficient (Wildman–Crippen LogP) is 3.99. The first-order chi connectivity index (χ1) is 10.8. The van der Waals surface area contributed by atoms with E-state index in [1.54, 1.807) is 6.07 Å². The number of piperidine rings is 1. The van der Waals surface area contributed by atoms with Crippen molar-refractivity contribution in [2.75, 3.05) is 13.2 Å². The third-order valence-corrected chi connectivity index (χ3v) is 3.93. The molecule has 6 heteroatoms. The molecular formula is C16H20ClN3O2. The third-order valence-electron chi connectivity index (χ3n) is 3.69. The summed E-state index contributed by atoms with van der Waals surface area (Å²) >= 11 is 6.10. The molecule has 22 heavy (non-hydrogen) atoms. The van der Waals surface area contributed by atoms with Gasteiger partial charge in [0.1, 0.15) is 5.75 Å². The summed E-state index contributed by atoms with van der Waals surface area (Å²) in [5.41, 5.74) is 0.770. The minimum absolute atomic E-state index is 0.147. The highest BCUT2D eigenvalue weighted by Gasteiger charge is 2.22. The van der Waals surface area contributed by atoms with E-state index in [-0.39, 0.29) is 6.04 Å². The van der Waals surface area contributed by atoms with Crippen LogP contribution in [0.2, 0.25) is 5.02 Å². The molecule has 0 spiro atoms. The van der Waals surface area contributed by atoms with E-state index in [0.29, 0.717) is 23.3 Å². The number of ether oxygens (including phenoxy) is 1. The highest BCUT2D eigenvalue weighted by molar-refractivity contribution is 6.30. The fourth-order valence-corrected chi connectivity index (χ4v) is 2.74. The van der Waals surface area contributed by atoms with Crippen molar-refractivity contribution in [1.82, 2.24) is 15.5 Å². The van der Waals surface area contributed by atoms with Gasteiger partial charge in [0.25, 0.3) is 0 Å². The Balaban J connectivity index is 1.86. The molecule has 0 saturated carbocycles. The maximum Gasteiger partial charge on any atom is 0.244 e. The molecule has 1 N–H and O–H groups in total. The lowest BCUT2D eigenvalue weighted by molar-refractivity contribution is 0.297. The van der Waals surface area contributed by atoms with Crippen LogP contribution in [-0.2, 0) is 0 Å². The van der Waals surface area contributed by atoms with Gasteiger partial charge >= 0.3 is 0 Å². The highest BCUT2D eigenvalue weighted by atomic mass is 35.5. The zero-order chi connectivity index (χ0) is 15.4. The average molecular weight is 322 g/mol. The summed E-state index contributed by atoms with van der Waals surface area (Å²) in [6.45, 7) is 3.70. The normalized spacial score (nSPS) is 18.4. The van der Waals surface area contributed by atoms with Crippen molar-refractivity contribution in [1.29, 1.82) is 0 Å². The number of nitrogens with zero attached hydrogens (tertiary/aromatic N) is 2. The monoisotopic (exact) mass is 321 g/mol. The molecule has 1 saturated heterocycles. The summed E-state index contributed by atoms with van der Waals surface area (Å²) in [6, 6.07) is 5.62. The number of benzene rings is 1. The van der Waals surface area contributed by atoms with Crippen LogP contribution < -0.4 is 10.1 Å². The molecule has 0 radical (unpaired) electrons. The number of hydrogen-bond acceptors (Lipinski definition) is 5. The molecule has 3 rings (SSSR count). The van der Waals surface area contributed by atoms with Gasteiger partial charge < -0.3 is 14.6 Å². The lowest BCUT2D eigenvalue weighted by Gasteiger charge is -2.19. The highest BCUT2D eigenvalue weighted by Crippen LogP contribution is 2.32. The smallest absolute Gasteiger partial charge is 0.244 e. The summed E-state index contributed by atoms with van der Waals surface area (Å²) in [5.74, 6) is 1.89. The maximum absolute atomic E-state index is 6.10. The van der Waals surface area contributed by atoms with E-state index >= 15 is 0 Å². The maximum atomic E-state index is 6.10. The van der Waals surface area contributed by atoms with Crippen LogP contribution >= 0.6 is 11.6 Å². The Bertz CT molecular complexity index is 624. The zero-order valence-electron chi connectivity index (χ0n) is 12.6. The minimum atomic E-state index is 0.147. The summed E-state index contributed by atoms with van der Waals surface area (Å²) in [6.07, 6.45) is 4.33. The minimum Gasteiger partial charge on any atom is -0.493 e. The number of rotatable bonds is 5. The summed E-state index contributed by atoms with van der Waals surface area (Å²) in [7, 11) is 0. The van der Waals surface area contributed by atoms with Crippen molar-refractivity contribution in [3.63, 3.8) is 0 Å². The van der Waals surface area contributed by atoms with Crippen molar-refractivity contribution < 1.29 is 9.26 Å². The quantitative estimate of drug-likeness (QED) is 0.902. The van der Waals surface area contributed by atoms with Gasteiger partial charge in [-0.15, -0.1) is 0 Å². The molecule has 1 atom stereocenters. The standard InChI is InChI=1S/C16H20ClN3O2/c1-2-9-21-14-7-6-11(17)10-12(14)15-19-16(22-20-15)13-5-3-4-8-18-13/h6-7,10,13,18H,2-5,8-9H2,1H3/t13-/m0/s1. The van der Waals surface area contributed by atoms with Gasteiger partial charge in [-0.2, -0.15) is 4.98 Å². The van der Waals surface area contributed by atoms with Crippen LogP contribution in [0.1, 0.15) is 44.5 Å². The Hall–Kier alpha value is -1.59. The molecule has 0 amide bonds. The van der Waals surface area contributed by atoms with E-state index in [0.717, 1.165) is 30.7 Å². The number of halogens is 1. The van der Waals surface area contributed by atoms with Crippen LogP contribution in [0, 0.1) is 0 Å².